The number of carbonyl (C=O) groups excluding carboxylic acids is 1. The second-order valence-corrected chi connectivity index (χ2v) is 4.32. The molecule has 0 bridgehead atoms. The molecular formula is C15H15NO4. The van der Waals surface area contributed by atoms with E-state index in [1.807, 2.05) is 6.07 Å². The van der Waals surface area contributed by atoms with E-state index in [1.165, 1.54) is 18.2 Å². The molecule has 0 aliphatic rings. The van der Waals surface area contributed by atoms with Gasteiger partial charge in [0.05, 0.1) is 18.2 Å². The van der Waals surface area contributed by atoms with Crippen molar-refractivity contribution >= 4 is 5.91 Å². The minimum Gasteiger partial charge on any atom is -0.508 e. The van der Waals surface area contributed by atoms with Gasteiger partial charge in [0.2, 0.25) is 0 Å². The molecule has 1 atom stereocenters. The van der Waals surface area contributed by atoms with Gasteiger partial charge in [0.1, 0.15) is 11.5 Å². The first-order chi connectivity index (χ1) is 9.61. The maximum atomic E-state index is 12.1. The molecule has 0 aliphatic carbocycles. The molecule has 104 valence electrons. The Morgan fingerprint density at radius 3 is 2.45 bits per heavy atom. The molecule has 0 saturated heterocycles. The van der Waals surface area contributed by atoms with Gasteiger partial charge in [-0.3, -0.25) is 4.79 Å². The molecule has 0 unspecified atom stereocenters. The lowest BCUT2D eigenvalue weighted by Crippen LogP contribution is -2.30. The van der Waals surface area contributed by atoms with Gasteiger partial charge in [0.25, 0.3) is 5.91 Å². The highest BCUT2D eigenvalue weighted by molar-refractivity contribution is 5.97. The number of aliphatic hydroxyl groups excluding tert-OH is 1. The number of nitrogens with one attached hydrogen (secondary N) is 1. The van der Waals surface area contributed by atoms with Crippen LogP contribution in [0.3, 0.4) is 0 Å². The van der Waals surface area contributed by atoms with Crippen molar-refractivity contribution in [3.05, 3.63) is 59.7 Å². The van der Waals surface area contributed by atoms with Crippen molar-refractivity contribution in [2.45, 2.75) is 6.04 Å². The third kappa shape index (κ3) is 3.07. The van der Waals surface area contributed by atoms with Crippen molar-refractivity contribution in [3.63, 3.8) is 0 Å². The number of hydrogen-bond donors (Lipinski definition) is 4. The Morgan fingerprint density at radius 1 is 1.10 bits per heavy atom. The van der Waals surface area contributed by atoms with Gasteiger partial charge in [-0.05, 0) is 23.8 Å². The Bertz CT molecular complexity index is 598. The van der Waals surface area contributed by atoms with Gasteiger partial charge in [0, 0.05) is 0 Å². The van der Waals surface area contributed by atoms with Gasteiger partial charge in [-0.2, -0.15) is 0 Å². The number of phenolic OH excluding ortho intramolecular Hbond substituents is 2. The second kappa shape index (κ2) is 6.08. The Labute approximate surface area is 116 Å². The van der Waals surface area contributed by atoms with E-state index in [1.54, 1.807) is 24.3 Å². The van der Waals surface area contributed by atoms with Crippen LogP contribution in [0.1, 0.15) is 22.0 Å². The molecule has 0 saturated carbocycles. The first-order valence-corrected chi connectivity index (χ1v) is 6.10. The average Bonchev–Trinajstić information content (AvgIpc) is 2.48. The molecule has 1 amide bonds. The lowest BCUT2D eigenvalue weighted by Gasteiger charge is -2.17. The smallest absolute Gasteiger partial charge is 0.255 e. The predicted octanol–water partition coefficient (Wildman–Crippen LogP) is 1.56. The Hall–Kier alpha value is -2.53. The largest absolute Gasteiger partial charge is 0.508 e. The van der Waals surface area contributed by atoms with Crippen molar-refractivity contribution in [2.24, 2.45) is 0 Å². The molecule has 2 aromatic rings. The molecule has 0 fully saturated rings. The Morgan fingerprint density at radius 2 is 1.80 bits per heavy atom. The van der Waals surface area contributed by atoms with Crippen LogP contribution in [-0.2, 0) is 0 Å². The number of aromatic hydroxyl groups is 2. The van der Waals surface area contributed by atoms with E-state index in [2.05, 4.69) is 5.32 Å². The predicted molar refractivity (Wildman–Crippen MR) is 73.5 cm³/mol. The maximum Gasteiger partial charge on any atom is 0.255 e. The quantitative estimate of drug-likeness (QED) is 0.636. The van der Waals surface area contributed by atoms with E-state index in [4.69, 9.17) is 0 Å². The molecule has 5 nitrogen and oxygen atoms in total. The fourth-order valence-corrected chi connectivity index (χ4v) is 1.86. The lowest BCUT2D eigenvalue weighted by molar-refractivity contribution is 0.0913. The Kier molecular flexibility index (Phi) is 4.22. The van der Waals surface area contributed by atoms with Gasteiger partial charge in [-0.25, -0.2) is 0 Å². The molecule has 0 aliphatic heterocycles. The summed E-state index contributed by atoms with van der Waals surface area (Å²) >= 11 is 0. The lowest BCUT2D eigenvalue weighted by atomic mass is 10.1. The zero-order chi connectivity index (χ0) is 14.5. The molecule has 4 N–H and O–H groups in total. The van der Waals surface area contributed by atoms with E-state index >= 15 is 0 Å². The minimum absolute atomic E-state index is 0.0422. The third-order valence-electron chi connectivity index (χ3n) is 2.91. The molecule has 0 radical (unpaired) electrons. The average molecular weight is 273 g/mol. The summed E-state index contributed by atoms with van der Waals surface area (Å²) in [5.41, 5.74) is 0.711. The standard InChI is InChI=1S/C15H15NO4/c17-9-13(10-4-2-1-3-5-10)16-15(20)12-8-11(18)6-7-14(12)19/h1-8,13,17-19H,9H2,(H,16,20)/t13-/m1/s1. The van der Waals surface area contributed by atoms with Crippen molar-refractivity contribution < 1.29 is 20.1 Å². The second-order valence-electron chi connectivity index (χ2n) is 4.32. The van der Waals surface area contributed by atoms with Crippen LogP contribution < -0.4 is 5.32 Å². The van der Waals surface area contributed by atoms with Gasteiger partial charge < -0.3 is 20.6 Å². The summed E-state index contributed by atoms with van der Waals surface area (Å²) in [6.45, 7) is -0.269. The zero-order valence-corrected chi connectivity index (χ0v) is 10.7. The summed E-state index contributed by atoms with van der Waals surface area (Å²) in [4.78, 5) is 12.1. The van der Waals surface area contributed by atoms with Crippen LogP contribution in [0.4, 0.5) is 0 Å². The normalized spacial score (nSPS) is 11.8. The first-order valence-electron chi connectivity index (χ1n) is 6.10. The van der Waals surface area contributed by atoms with Crippen LogP contribution in [0.25, 0.3) is 0 Å². The first kappa shape index (κ1) is 13.9. The minimum atomic E-state index is -0.578. The number of carbonyl (C=O) groups is 1. The number of benzene rings is 2. The molecular weight excluding hydrogens is 258 g/mol. The van der Waals surface area contributed by atoms with E-state index in [0.717, 1.165) is 5.56 Å². The van der Waals surface area contributed by atoms with Crippen molar-refractivity contribution in [3.8, 4) is 11.5 Å². The van der Waals surface area contributed by atoms with Crippen LogP contribution in [0.2, 0.25) is 0 Å². The van der Waals surface area contributed by atoms with Gasteiger partial charge in [-0.15, -0.1) is 0 Å². The number of hydrogen-bond acceptors (Lipinski definition) is 4. The highest BCUT2D eigenvalue weighted by atomic mass is 16.3. The molecule has 0 heterocycles. The Balaban J connectivity index is 2.20. The summed E-state index contributed by atoms with van der Waals surface area (Å²) in [7, 11) is 0. The van der Waals surface area contributed by atoms with E-state index in [0.29, 0.717) is 0 Å². The topological polar surface area (TPSA) is 89.8 Å². The molecule has 5 heteroatoms. The van der Waals surface area contributed by atoms with Crippen LogP contribution in [-0.4, -0.2) is 27.8 Å². The number of aliphatic hydroxyl groups is 1. The van der Waals surface area contributed by atoms with Gasteiger partial charge in [0.15, 0.2) is 0 Å². The molecule has 0 spiro atoms. The number of phenols is 2. The fourth-order valence-electron chi connectivity index (χ4n) is 1.86. The van der Waals surface area contributed by atoms with Gasteiger partial charge in [-0.1, -0.05) is 30.3 Å². The van der Waals surface area contributed by atoms with Crippen molar-refractivity contribution in [1.82, 2.24) is 5.32 Å². The van der Waals surface area contributed by atoms with Crippen LogP contribution in [0.5, 0.6) is 11.5 Å². The van der Waals surface area contributed by atoms with Crippen LogP contribution >= 0.6 is 0 Å². The highest BCUT2D eigenvalue weighted by Crippen LogP contribution is 2.23. The summed E-state index contributed by atoms with van der Waals surface area (Å²) in [6, 6.07) is 12.1. The molecule has 20 heavy (non-hydrogen) atoms. The SMILES string of the molecule is O=C(N[C@H](CO)c1ccccc1)c1cc(O)ccc1O. The van der Waals surface area contributed by atoms with Crippen LogP contribution in [0, 0.1) is 0 Å². The molecule has 2 aromatic carbocycles. The zero-order valence-electron chi connectivity index (χ0n) is 10.7. The maximum absolute atomic E-state index is 12.1. The third-order valence-corrected chi connectivity index (χ3v) is 2.91. The van der Waals surface area contributed by atoms with E-state index < -0.39 is 11.9 Å². The van der Waals surface area contributed by atoms with Crippen molar-refractivity contribution in [1.29, 1.82) is 0 Å². The monoisotopic (exact) mass is 273 g/mol. The van der Waals surface area contributed by atoms with Gasteiger partial charge >= 0.3 is 0 Å². The summed E-state index contributed by atoms with van der Waals surface area (Å²) in [5.74, 6) is -0.917. The number of rotatable bonds is 4. The summed E-state index contributed by atoms with van der Waals surface area (Å²) in [5, 5.41) is 31.0. The number of amides is 1. The molecule has 0 aromatic heterocycles. The van der Waals surface area contributed by atoms with E-state index in [9.17, 15) is 20.1 Å². The highest BCUT2D eigenvalue weighted by Gasteiger charge is 2.17. The van der Waals surface area contributed by atoms with Crippen LogP contribution in [0.15, 0.2) is 48.5 Å². The van der Waals surface area contributed by atoms with Crippen molar-refractivity contribution in [2.75, 3.05) is 6.61 Å². The fraction of sp³-hybridized carbons (Fsp3) is 0.133. The summed E-state index contributed by atoms with van der Waals surface area (Å²) in [6.07, 6.45) is 0. The molecule has 2 rings (SSSR count). The summed E-state index contributed by atoms with van der Waals surface area (Å²) < 4.78 is 0. The van der Waals surface area contributed by atoms with E-state index in [-0.39, 0.29) is 23.7 Å².